The van der Waals surface area contributed by atoms with Crippen LogP contribution in [-0.2, 0) is 14.6 Å². The first-order valence-corrected chi connectivity index (χ1v) is 8.49. The number of hydrogen-bond donors (Lipinski definition) is 1. The molecule has 0 aliphatic carbocycles. The Kier molecular flexibility index (Phi) is 4.55. The molecule has 7 heteroatoms. The van der Waals surface area contributed by atoms with Crippen molar-refractivity contribution in [2.45, 2.75) is 25.5 Å². The van der Waals surface area contributed by atoms with Crippen molar-refractivity contribution in [3.63, 3.8) is 0 Å². The molecule has 0 spiro atoms. The minimum atomic E-state index is -3.00. The maximum absolute atomic E-state index is 11.9. The second-order valence-electron chi connectivity index (χ2n) is 4.83. The molecular weight excluding hydrogens is 302 g/mol. The zero-order chi connectivity index (χ0) is 14.8. The number of amides is 1. The average molecular weight is 318 g/mol. The third kappa shape index (κ3) is 4.11. The van der Waals surface area contributed by atoms with E-state index in [-0.39, 0.29) is 23.5 Å². The van der Waals surface area contributed by atoms with Crippen LogP contribution < -0.4 is 10.1 Å². The lowest BCUT2D eigenvalue weighted by molar-refractivity contribution is -0.127. The third-order valence-corrected chi connectivity index (χ3v) is 5.06. The van der Waals surface area contributed by atoms with E-state index in [0.29, 0.717) is 17.2 Å². The molecule has 0 unspecified atom stereocenters. The lowest BCUT2D eigenvalue weighted by atomic mass is 10.2. The van der Waals surface area contributed by atoms with Gasteiger partial charge in [-0.2, -0.15) is 0 Å². The van der Waals surface area contributed by atoms with Gasteiger partial charge in [-0.15, -0.1) is 0 Å². The highest BCUT2D eigenvalue weighted by atomic mass is 35.5. The number of ether oxygens (including phenoxy) is 1. The summed E-state index contributed by atoms with van der Waals surface area (Å²) in [7, 11) is -3.00. The molecular formula is C13H16ClNO4S. The molecule has 1 N–H and O–H groups in total. The molecule has 1 heterocycles. The molecule has 1 aliphatic rings. The van der Waals surface area contributed by atoms with Gasteiger partial charge in [0, 0.05) is 11.1 Å². The van der Waals surface area contributed by atoms with Crippen molar-refractivity contribution in [3.8, 4) is 5.75 Å². The molecule has 1 amide bonds. The number of hydrogen-bond acceptors (Lipinski definition) is 4. The molecule has 20 heavy (non-hydrogen) atoms. The van der Waals surface area contributed by atoms with E-state index in [2.05, 4.69) is 5.32 Å². The van der Waals surface area contributed by atoms with Crippen LogP contribution in [0, 0.1) is 0 Å². The molecule has 1 aromatic carbocycles. The third-order valence-electron chi connectivity index (χ3n) is 3.06. The minimum absolute atomic E-state index is 0.00260. The van der Waals surface area contributed by atoms with Gasteiger partial charge in [0.2, 0.25) is 0 Å². The van der Waals surface area contributed by atoms with Crippen LogP contribution in [0.4, 0.5) is 0 Å². The Labute approximate surface area is 123 Å². The lowest BCUT2D eigenvalue weighted by Crippen LogP contribution is -2.43. The van der Waals surface area contributed by atoms with Crippen molar-refractivity contribution in [2.75, 3.05) is 11.5 Å². The number of benzene rings is 1. The number of carbonyl (C=O) groups excluding carboxylic acids is 1. The molecule has 0 bridgehead atoms. The van der Waals surface area contributed by atoms with Crippen LogP contribution >= 0.6 is 11.6 Å². The second kappa shape index (κ2) is 6.01. The molecule has 110 valence electrons. The van der Waals surface area contributed by atoms with Crippen molar-refractivity contribution < 1.29 is 17.9 Å². The van der Waals surface area contributed by atoms with Gasteiger partial charge in [0.05, 0.1) is 11.5 Å². The van der Waals surface area contributed by atoms with Crippen LogP contribution in [0.1, 0.15) is 13.3 Å². The van der Waals surface area contributed by atoms with Crippen molar-refractivity contribution in [2.24, 2.45) is 0 Å². The summed E-state index contributed by atoms with van der Waals surface area (Å²) in [5, 5.41) is 3.22. The lowest BCUT2D eigenvalue weighted by Gasteiger charge is -2.17. The molecule has 0 radical (unpaired) electrons. The van der Waals surface area contributed by atoms with Crippen LogP contribution in [0.5, 0.6) is 5.75 Å². The maximum atomic E-state index is 11.9. The molecule has 1 aromatic rings. The summed E-state index contributed by atoms with van der Waals surface area (Å²) in [6, 6.07) is 6.44. The SMILES string of the molecule is C[C@H](Oc1cccc(Cl)c1)C(=O)N[C@H]1CCS(=O)(=O)C1. The first kappa shape index (κ1) is 15.1. The van der Waals surface area contributed by atoms with Crippen LogP contribution in [0.15, 0.2) is 24.3 Å². The zero-order valence-corrected chi connectivity index (χ0v) is 12.6. The zero-order valence-electron chi connectivity index (χ0n) is 11.0. The van der Waals surface area contributed by atoms with E-state index in [4.69, 9.17) is 16.3 Å². The molecule has 0 saturated carbocycles. The molecule has 1 fully saturated rings. The van der Waals surface area contributed by atoms with E-state index >= 15 is 0 Å². The minimum Gasteiger partial charge on any atom is -0.481 e. The average Bonchev–Trinajstić information content (AvgIpc) is 2.68. The Morgan fingerprint density at radius 2 is 2.25 bits per heavy atom. The molecule has 1 saturated heterocycles. The highest BCUT2D eigenvalue weighted by molar-refractivity contribution is 7.91. The summed E-state index contributed by atoms with van der Waals surface area (Å²) in [6.07, 6.45) is -0.255. The van der Waals surface area contributed by atoms with E-state index in [0.717, 1.165) is 0 Å². The van der Waals surface area contributed by atoms with Crippen LogP contribution in [-0.4, -0.2) is 38.0 Å². The number of halogens is 1. The summed E-state index contributed by atoms with van der Waals surface area (Å²) >= 11 is 5.83. The van der Waals surface area contributed by atoms with Gasteiger partial charge in [0.15, 0.2) is 15.9 Å². The van der Waals surface area contributed by atoms with E-state index in [1.807, 2.05) is 0 Å². The van der Waals surface area contributed by atoms with Gasteiger partial charge in [0.25, 0.3) is 5.91 Å². The highest BCUT2D eigenvalue weighted by Crippen LogP contribution is 2.18. The Morgan fingerprint density at radius 3 is 2.85 bits per heavy atom. The monoisotopic (exact) mass is 317 g/mol. The van der Waals surface area contributed by atoms with E-state index in [9.17, 15) is 13.2 Å². The van der Waals surface area contributed by atoms with Gasteiger partial charge < -0.3 is 10.1 Å². The second-order valence-corrected chi connectivity index (χ2v) is 7.49. The van der Waals surface area contributed by atoms with E-state index in [1.54, 1.807) is 31.2 Å². The van der Waals surface area contributed by atoms with E-state index < -0.39 is 15.9 Å². The number of nitrogens with one attached hydrogen (secondary N) is 1. The number of rotatable bonds is 4. The van der Waals surface area contributed by atoms with Crippen molar-refractivity contribution in [3.05, 3.63) is 29.3 Å². The summed E-state index contributed by atoms with van der Waals surface area (Å²) in [5.41, 5.74) is 0. The smallest absolute Gasteiger partial charge is 0.261 e. The fraction of sp³-hybridized carbons (Fsp3) is 0.462. The number of carbonyl (C=O) groups is 1. The largest absolute Gasteiger partial charge is 0.481 e. The van der Waals surface area contributed by atoms with Gasteiger partial charge in [-0.05, 0) is 31.5 Å². The van der Waals surface area contributed by atoms with Crippen LogP contribution in [0.2, 0.25) is 5.02 Å². The predicted octanol–water partition coefficient (Wildman–Crippen LogP) is 1.41. The molecule has 1 aliphatic heterocycles. The van der Waals surface area contributed by atoms with Gasteiger partial charge in [-0.25, -0.2) is 8.42 Å². The number of sulfone groups is 1. The summed E-state index contributed by atoms with van der Waals surface area (Å²) in [6.45, 7) is 1.61. The van der Waals surface area contributed by atoms with Gasteiger partial charge >= 0.3 is 0 Å². The van der Waals surface area contributed by atoms with Crippen molar-refractivity contribution in [1.82, 2.24) is 5.32 Å². The summed E-state index contributed by atoms with van der Waals surface area (Å²) in [5.74, 6) is 0.302. The quantitative estimate of drug-likeness (QED) is 0.911. The van der Waals surface area contributed by atoms with Crippen LogP contribution in [0.3, 0.4) is 0 Å². The van der Waals surface area contributed by atoms with Gasteiger partial charge in [0.1, 0.15) is 5.75 Å². The van der Waals surface area contributed by atoms with Crippen LogP contribution in [0.25, 0.3) is 0 Å². The van der Waals surface area contributed by atoms with Crippen molar-refractivity contribution >= 4 is 27.3 Å². The topological polar surface area (TPSA) is 72.5 Å². The van der Waals surface area contributed by atoms with Crippen molar-refractivity contribution in [1.29, 1.82) is 0 Å². The molecule has 2 atom stereocenters. The standard InChI is InChI=1S/C13H16ClNO4S/c1-9(19-12-4-2-3-10(14)7-12)13(16)15-11-5-6-20(17,18)8-11/h2-4,7,9,11H,5-6,8H2,1H3,(H,15,16)/t9-,11-/m0/s1. The first-order chi connectivity index (χ1) is 9.35. The van der Waals surface area contributed by atoms with Gasteiger partial charge in [-0.3, -0.25) is 4.79 Å². The summed E-state index contributed by atoms with van der Waals surface area (Å²) < 4.78 is 28.1. The summed E-state index contributed by atoms with van der Waals surface area (Å²) in [4.78, 5) is 11.9. The normalized spacial score (nSPS) is 22.2. The first-order valence-electron chi connectivity index (χ1n) is 6.29. The highest BCUT2D eigenvalue weighted by Gasteiger charge is 2.30. The Hall–Kier alpha value is -1.27. The van der Waals surface area contributed by atoms with Gasteiger partial charge in [-0.1, -0.05) is 17.7 Å². The Bertz CT molecular complexity index is 602. The molecule has 0 aromatic heterocycles. The Morgan fingerprint density at radius 1 is 1.50 bits per heavy atom. The predicted molar refractivity (Wildman–Crippen MR) is 76.7 cm³/mol. The fourth-order valence-corrected chi connectivity index (χ4v) is 3.88. The molecule has 5 nitrogen and oxygen atoms in total. The maximum Gasteiger partial charge on any atom is 0.261 e. The Balaban J connectivity index is 1.89. The fourth-order valence-electron chi connectivity index (χ4n) is 2.03. The molecule has 2 rings (SSSR count). The van der Waals surface area contributed by atoms with E-state index in [1.165, 1.54) is 0 Å².